The van der Waals surface area contributed by atoms with Gasteiger partial charge >= 0.3 is 25.7 Å². The Labute approximate surface area is 453 Å². The molecule has 0 fully saturated rings. The summed E-state index contributed by atoms with van der Waals surface area (Å²) in [5.74, 6) is -1.47. The molecule has 0 saturated carbocycles. The number of allylic oxidation sites excluding steroid dienone is 8. The van der Waals surface area contributed by atoms with Crippen LogP contribution in [0.25, 0.3) is 0 Å². The molecular weight excluding hydrogens is 952 g/mol. The van der Waals surface area contributed by atoms with Crippen LogP contribution < -0.4 is 0 Å². The van der Waals surface area contributed by atoms with E-state index in [4.69, 9.17) is 23.3 Å². The monoisotopic (exact) mass is 1060 g/mol. The van der Waals surface area contributed by atoms with Gasteiger partial charge < -0.3 is 24.2 Å². The van der Waals surface area contributed by atoms with Crippen LogP contribution in [-0.4, -0.2) is 66.5 Å². The predicted octanol–water partition coefficient (Wildman–Crippen LogP) is 18.1. The van der Waals surface area contributed by atoms with E-state index >= 15 is 0 Å². The number of esters is 3. The summed E-state index contributed by atoms with van der Waals surface area (Å²) in [6.07, 6.45) is 60.6. The molecule has 0 aliphatic rings. The lowest BCUT2D eigenvalue weighted by Crippen LogP contribution is -2.30. The fourth-order valence-electron chi connectivity index (χ4n) is 8.64. The van der Waals surface area contributed by atoms with Gasteiger partial charge in [0.05, 0.1) is 19.8 Å². The Morgan fingerprint density at radius 2 is 0.703 bits per heavy atom. The number of hydrogen-bond acceptors (Lipinski definition) is 10. The standard InChI is InChI=1S/C62H113O11P/c1-4-7-10-13-16-19-22-25-27-29-31-34-36-39-42-45-48-51-60(64)69-55-59(73-62(66)53-50-47-44-41-38-35-32-30-28-26-23-20-17-14-11-8-5-2)57-71-74(67,68)70-56-58(54-63)72-61(65)52-49-46-43-40-37-33-24-21-18-15-12-9-6-3/h7,10,16,19,25,27,31,34,58-59,63H,4-6,8-9,11-15,17-18,20-24,26,28-30,32-33,35-57H2,1-3H3,(H,67,68)/b10-7-,19-16-,27-25-,34-31-. The van der Waals surface area contributed by atoms with Crippen LogP contribution in [0.4, 0.5) is 0 Å². The van der Waals surface area contributed by atoms with Crippen molar-refractivity contribution in [1.82, 2.24) is 0 Å². The Balaban J connectivity index is 4.72. The molecule has 3 atom stereocenters. The van der Waals surface area contributed by atoms with Crippen molar-refractivity contribution in [2.24, 2.45) is 0 Å². The Morgan fingerprint density at radius 3 is 1.08 bits per heavy atom. The van der Waals surface area contributed by atoms with Gasteiger partial charge in [-0.05, 0) is 57.8 Å². The summed E-state index contributed by atoms with van der Waals surface area (Å²) in [6.45, 7) is 4.55. The molecular formula is C62H113O11P. The molecule has 0 spiro atoms. The van der Waals surface area contributed by atoms with Gasteiger partial charge in [-0.3, -0.25) is 23.4 Å². The maximum atomic E-state index is 12.9. The topological polar surface area (TPSA) is 155 Å². The minimum absolute atomic E-state index is 0.167. The van der Waals surface area contributed by atoms with Crippen molar-refractivity contribution in [3.05, 3.63) is 48.6 Å². The molecule has 0 rings (SSSR count). The molecule has 0 amide bonds. The van der Waals surface area contributed by atoms with Gasteiger partial charge in [-0.2, -0.15) is 0 Å². The van der Waals surface area contributed by atoms with Crippen molar-refractivity contribution in [2.75, 3.05) is 26.4 Å². The van der Waals surface area contributed by atoms with Gasteiger partial charge in [0.2, 0.25) is 0 Å². The molecule has 0 bridgehead atoms. The molecule has 11 nitrogen and oxygen atoms in total. The maximum Gasteiger partial charge on any atom is 0.472 e. The Bertz CT molecular complexity index is 1430. The fraction of sp³-hybridized carbons (Fsp3) is 0.823. The molecule has 0 saturated heterocycles. The number of aliphatic hydroxyl groups excluding tert-OH is 1. The highest BCUT2D eigenvalue weighted by molar-refractivity contribution is 7.47. The lowest BCUT2D eigenvalue weighted by molar-refractivity contribution is -0.161. The van der Waals surface area contributed by atoms with Gasteiger partial charge in [0, 0.05) is 19.3 Å². The Kier molecular flexibility index (Phi) is 54.7. The van der Waals surface area contributed by atoms with Crippen LogP contribution in [-0.2, 0) is 42.2 Å². The van der Waals surface area contributed by atoms with Crippen LogP contribution in [0.1, 0.15) is 290 Å². The minimum atomic E-state index is -4.75. The van der Waals surface area contributed by atoms with Crippen LogP contribution in [0.2, 0.25) is 0 Å². The molecule has 0 aliphatic carbocycles. The largest absolute Gasteiger partial charge is 0.472 e. The van der Waals surface area contributed by atoms with Crippen molar-refractivity contribution in [3.8, 4) is 0 Å². The summed E-state index contributed by atoms with van der Waals surface area (Å²) in [4.78, 5) is 48.6. The highest BCUT2D eigenvalue weighted by Gasteiger charge is 2.28. The number of aliphatic hydroxyl groups is 1. The average molecular weight is 1070 g/mol. The van der Waals surface area contributed by atoms with Gasteiger partial charge in [0.1, 0.15) is 12.7 Å². The van der Waals surface area contributed by atoms with Crippen molar-refractivity contribution in [1.29, 1.82) is 0 Å². The molecule has 12 heteroatoms. The fourth-order valence-corrected chi connectivity index (χ4v) is 9.43. The normalized spacial score (nSPS) is 13.6. The Morgan fingerprint density at radius 1 is 0.392 bits per heavy atom. The number of unbranched alkanes of at least 4 members (excludes halogenated alkanes) is 32. The number of carbonyl (C=O) groups is 3. The van der Waals surface area contributed by atoms with Crippen LogP contribution in [0.3, 0.4) is 0 Å². The second kappa shape index (κ2) is 56.6. The molecule has 0 aromatic carbocycles. The average Bonchev–Trinajstić information content (AvgIpc) is 3.39. The highest BCUT2D eigenvalue weighted by Crippen LogP contribution is 2.43. The number of rotatable bonds is 57. The zero-order valence-corrected chi connectivity index (χ0v) is 48.7. The van der Waals surface area contributed by atoms with E-state index < -0.39 is 57.8 Å². The summed E-state index contributed by atoms with van der Waals surface area (Å²) in [7, 11) is -4.75. The first-order chi connectivity index (χ1) is 36.2. The minimum Gasteiger partial charge on any atom is -0.462 e. The SMILES string of the molecule is CC/C=C\C/C=C\C/C=C\C/C=C\CCCCCCC(=O)OCC(COP(=O)(O)OCC(CO)OC(=O)CCCCCCCCCCCCCCC)OC(=O)CCCCCCCCCCCCCCCCCCC. The van der Waals surface area contributed by atoms with E-state index in [1.54, 1.807) is 0 Å². The second-order valence-corrected chi connectivity index (χ2v) is 22.0. The van der Waals surface area contributed by atoms with Gasteiger partial charge in [0.25, 0.3) is 0 Å². The van der Waals surface area contributed by atoms with Gasteiger partial charge in [-0.15, -0.1) is 0 Å². The van der Waals surface area contributed by atoms with Gasteiger partial charge in [0.15, 0.2) is 6.10 Å². The van der Waals surface area contributed by atoms with E-state index in [0.717, 1.165) is 89.9 Å². The van der Waals surface area contributed by atoms with Gasteiger partial charge in [-0.25, -0.2) is 4.57 Å². The van der Waals surface area contributed by atoms with Crippen LogP contribution in [0, 0.1) is 0 Å². The van der Waals surface area contributed by atoms with E-state index in [1.807, 2.05) is 0 Å². The number of phosphoric acid groups is 1. The summed E-state index contributed by atoms with van der Waals surface area (Å²) >= 11 is 0. The van der Waals surface area contributed by atoms with E-state index in [2.05, 4.69) is 69.4 Å². The molecule has 2 N–H and O–H groups in total. The van der Waals surface area contributed by atoms with Crippen molar-refractivity contribution in [3.63, 3.8) is 0 Å². The third-order valence-corrected chi connectivity index (χ3v) is 14.2. The van der Waals surface area contributed by atoms with E-state index in [0.29, 0.717) is 19.3 Å². The zero-order chi connectivity index (χ0) is 54.1. The molecule has 0 radical (unpaired) electrons. The van der Waals surface area contributed by atoms with Crippen molar-refractivity contribution >= 4 is 25.7 Å². The third kappa shape index (κ3) is 54.2. The number of ether oxygens (including phenoxy) is 3. The van der Waals surface area contributed by atoms with Crippen molar-refractivity contribution < 1.29 is 52.2 Å². The molecule has 0 aromatic heterocycles. The highest BCUT2D eigenvalue weighted by atomic mass is 31.2. The van der Waals surface area contributed by atoms with Crippen molar-refractivity contribution in [2.45, 2.75) is 303 Å². The molecule has 3 unspecified atom stereocenters. The summed E-state index contributed by atoms with van der Waals surface area (Å²) in [5, 5.41) is 9.82. The van der Waals surface area contributed by atoms with E-state index in [9.17, 15) is 28.9 Å². The van der Waals surface area contributed by atoms with Crippen LogP contribution >= 0.6 is 7.82 Å². The number of hydrogen-bond donors (Lipinski definition) is 2. The summed E-state index contributed by atoms with van der Waals surface area (Å²) in [6, 6.07) is 0. The molecule has 0 heterocycles. The molecule has 0 aromatic rings. The summed E-state index contributed by atoms with van der Waals surface area (Å²) < 4.78 is 39.6. The quantitative estimate of drug-likeness (QED) is 0.0197. The second-order valence-electron chi connectivity index (χ2n) is 20.5. The molecule has 0 aliphatic heterocycles. The Hall–Kier alpha value is -2.56. The van der Waals surface area contributed by atoms with Crippen LogP contribution in [0.5, 0.6) is 0 Å². The van der Waals surface area contributed by atoms with E-state index in [-0.39, 0.29) is 25.9 Å². The first-order valence-corrected chi connectivity index (χ1v) is 32.0. The zero-order valence-electron chi connectivity index (χ0n) is 47.8. The van der Waals surface area contributed by atoms with Crippen LogP contribution in [0.15, 0.2) is 48.6 Å². The predicted molar refractivity (Wildman–Crippen MR) is 307 cm³/mol. The molecule has 74 heavy (non-hydrogen) atoms. The smallest absolute Gasteiger partial charge is 0.462 e. The van der Waals surface area contributed by atoms with E-state index in [1.165, 1.54) is 141 Å². The number of carbonyl (C=O) groups excluding carboxylic acids is 3. The molecule has 432 valence electrons. The lowest BCUT2D eigenvalue weighted by atomic mass is 10.0. The lowest BCUT2D eigenvalue weighted by Gasteiger charge is -2.21. The first-order valence-electron chi connectivity index (χ1n) is 30.5. The third-order valence-electron chi connectivity index (χ3n) is 13.3. The first kappa shape index (κ1) is 71.4. The maximum absolute atomic E-state index is 12.9. The van der Waals surface area contributed by atoms with Gasteiger partial charge in [-0.1, -0.05) is 262 Å². The number of phosphoric ester groups is 1. The summed E-state index contributed by atoms with van der Waals surface area (Å²) in [5.41, 5.74) is 0.